The van der Waals surface area contributed by atoms with Crippen molar-refractivity contribution in [1.82, 2.24) is 15.2 Å². The average Bonchev–Trinajstić information content (AvgIpc) is 2.81. The van der Waals surface area contributed by atoms with Crippen LogP contribution in [0.2, 0.25) is 0 Å². The van der Waals surface area contributed by atoms with Gasteiger partial charge in [-0.25, -0.2) is 4.39 Å². The molecule has 4 rings (SSSR count). The van der Waals surface area contributed by atoms with Gasteiger partial charge in [-0.1, -0.05) is 19.9 Å². The lowest BCUT2D eigenvalue weighted by atomic mass is 9.91. The summed E-state index contributed by atoms with van der Waals surface area (Å²) in [5.74, 6) is -0.967. The van der Waals surface area contributed by atoms with Gasteiger partial charge in [0.1, 0.15) is 5.82 Å². The lowest BCUT2D eigenvalue weighted by Crippen LogP contribution is -2.41. The molecule has 0 unspecified atom stereocenters. The Bertz CT molecular complexity index is 1350. The molecule has 0 spiro atoms. The number of H-pyrrole nitrogens is 1. The Morgan fingerprint density at radius 2 is 1.94 bits per heavy atom. The molecule has 0 radical (unpaired) electrons. The first kappa shape index (κ1) is 25.7. The third kappa shape index (κ3) is 5.38. The summed E-state index contributed by atoms with van der Waals surface area (Å²) in [4.78, 5) is 29.7. The predicted octanol–water partition coefficient (Wildman–Crippen LogP) is 4.74. The highest BCUT2D eigenvalue weighted by Crippen LogP contribution is 2.35. The van der Waals surface area contributed by atoms with Gasteiger partial charge in [0.05, 0.1) is 29.2 Å². The van der Waals surface area contributed by atoms with Gasteiger partial charge in [-0.05, 0) is 60.2 Å². The van der Waals surface area contributed by atoms with Crippen molar-refractivity contribution < 1.29 is 22.4 Å². The highest BCUT2D eigenvalue weighted by atomic mass is 19.4. The van der Waals surface area contributed by atoms with E-state index in [1.165, 1.54) is 12.1 Å². The number of pyridine rings is 1. The van der Waals surface area contributed by atoms with E-state index in [1.807, 2.05) is 13.8 Å². The van der Waals surface area contributed by atoms with Gasteiger partial charge in [0.25, 0.3) is 5.56 Å². The van der Waals surface area contributed by atoms with Crippen LogP contribution in [0.1, 0.15) is 49.2 Å². The van der Waals surface area contributed by atoms with E-state index in [4.69, 9.17) is 0 Å². The van der Waals surface area contributed by atoms with Gasteiger partial charge >= 0.3 is 6.18 Å². The van der Waals surface area contributed by atoms with E-state index in [9.17, 15) is 27.2 Å². The fourth-order valence-electron chi connectivity index (χ4n) is 4.51. The number of halogens is 4. The normalized spacial score (nSPS) is 15.9. The summed E-state index contributed by atoms with van der Waals surface area (Å²) in [6.07, 6.45) is -4.12. The minimum absolute atomic E-state index is 0.0871. The first-order chi connectivity index (χ1) is 16.9. The van der Waals surface area contributed by atoms with E-state index in [1.54, 1.807) is 17.9 Å². The van der Waals surface area contributed by atoms with Crippen LogP contribution in [0.3, 0.4) is 0 Å². The number of amides is 1. The van der Waals surface area contributed by atoms with Gasteiger partial charge in [0.2, 0.25) is 5.91 Å². The lowest BCUT2D eigenvalue weighted by molar-refractivity contribution is -0.138. The van der Waals surface area contributed by atoms with Gasteiger partial charge in [-0.15, -0.1) is 0 Å². The van der Waals surface area contributed by atoms with Gasteiger partial charge in [-0.2, -0.15) is 13.2 Å². The molecule has 1 aromatic heterocycles. The maximum atomic E-state index is 14.7. The Kier molecular flexibility index (Phi) is 7.08. The van der Waals surface area contributed by atoms with Crippen molar-refractivity contribution in [3.63, 3.8) is 0 Å². The molecule has 2 heterocycles. The van der Waals surface area contributed by atoms with Crippen LogP contribution in [-0.4, -0.2) is 34.9 Å². The zero-order chi connectivity index (χ0) is 26.2. The molecule has 10 heteroatoms. The highest BCUT2D eigenvalue weighted by molar-refractivity contribution is 5.87. The number of anilines is 1. The second-order valence-electron chi connectivity index (χ2n) is 9.36. The largest absolute Gasteiger partial charge is 0.416 e. The van der Waals surface area contributed by atoms with E-state index in [0.717, 1.165) is 18.2 Å². The van der Waals surface area contributed by atoms with Crippen molar-refractivity contribution >= 4 is 22.4 Å². The Morgan fingerprint density at radius 3 is 2.64 bits per heavy atom. The third-order valence-corrected chi connectivity index (χ3v) is 6.45. The van der Waals surface area contributed by atoms with Gasteiger partial charge in [0, 0.05) is 24.8 Å². The van der Waals surface area contributed by atoms with Crippen molar-refractivity contribution in [3.8, 4) is 0 Å². The number of aromatic amines is 1. The van der Waals surface area contributed by atoms with E-state index < -0.39 is 29.2 Å². The number of nitrogens with zero attached hydrogens (tertiary/aromatic N) is 1. The maximum Gasteiger partial charge on any atom is 0.416 e. The summed E-state index contributed by atoms with van der Waals surface area (Å²) in [6.45, 7) is 6.23. The molecule has 36 heavy (non-hydrogen) atoms. The Hall–Kier alpha value is -3.40. The second-order valence-corrected chi connectivity index (χ2v) is 9.36. The number of carbonyl (C=O) groups is 1. The quantitative estimate of drug-likeness (QED) is 0.424. The van der Waals surface area contributed by atoms with Crippen LogP contribution >= 0.6 is 0 Å². The van der Waals surface area contributed by atoms with Crippen LogP contribution in [0.5, 0.6) is 0 Å². The molecule has 0 saturated carbocycles. The monoisotopic (exact) mass is 504 g/mol. The molecule has 1 aliphatic rings. The average molecular weight is 505 g/mol. The second kappa shape index (κ2) is 9.93. The summed E-state index contributed by atoms with van der Waals surface area (Å²) in [5, 5.41) is 6.78. The standard InChI is InChI=1S/C26H28F4N4O2/c1-14(2)31-12-19-9-17-10-23(22(27)11-21(17)25(36)33-19)32-13-24(35)34-7-6-16-8-18(26(28,29)30)4-5-20(16)15(34)3/h4-5,8-11,14-15,31-32H,6-7,12-13H2,1-3H3,(H,33,36)/t15-/m0/s1. The smallest absolute Gasteiger partial charge is 0.374 e. The molecule has 2 aromatic carbocycles. The van der Waals surface area contributed by atoms with Crippen LogP contribution in [0, 0.1) is 5.82 Å². The number of carbonyl (C=O) groups excluding carboxylic acids is 1. The van der Waals surface area contributed by atoms with Crippen molar-refractivity contribution in [2.75, 3.05) is 18.4 Å². The zero-order valence-corrected chi connectivity index (χ0v) is 20.2. The minimum Gasteiger partial charge on any atom is -0.374 e. The first-order valence-corrected chi connectivity index (χ1v) is 11.8. The third-order valence-electron chi connectivity index (χ3n) is 6.45. The predicted molar refractivity (Wildman–Crippen MR) is 130 cm³/mol. The summed E-state index contributed by atoms with van der Waals surface area (Å²) < 4.78 is 53.8. The Labute approximate surface area is 205 Å². The highest BCUT2D eigenvalue weighted by Gasteiger charge is 2.33. The molecule has 3 N–H and O–H groups in total. The van der Waals surface area contributed by atoms with Crippen LogP contribution in [0.4, 0.5) is 23.2 Å². The molecule has 1 amide bonds. The molecule has 0 saturated heterocycles. The molecule has 192 valence electrons. The van der Waals surface area contributed by atoms with Gasteiger partial charge in [-0.3, -0.25) is 9.59 Å². The number of hydrogen-bond acceptors (Lipinski definition) is 4. The van der Waals surface area contributed by atoms with Crippen LogP contribution in [-0.2, 0) is 23.9 Å². The molecule has 0 fully saturated rings. The zero-order valence-electron chi connectivity index (χ0n) is 20.2. The van der Waals surface area contributed by atoms with Crippen LogP contribution < -0.4 is 16.2 Å². The fourth-order valence-corrected chi connectivity index (χ4v) is 4.51. The molecular formula is C26H28F4N4O2. The van der Waals surface area contributed by atoms with Gasteiger partial charge in [0.15, 0.2) is 0 Å². The molecule has 3 aromatic rings. The number of fused-ring (bicyclic) bond motifs is 2. The summed E-state index contributed by atoms with van der Waals surface area (Å²) in [7, 11) is 0. The lowest BCUT2D eigenvalue weighted by Gasteiger charge is -2.35. The topological polar surface area (TPSA) is 77.2 Å². The number of aromatic nitrogens is 1. The molecule has 1 aliphatic heterocycles. The SMILES string of the molecule is CC(C)NCc1cc2cc(NCC(=O)N3CCc4cc(C(F)(F)F)ccc4[C@@H]3C)c(F)cc2c(=O)[nH]1. The molecule has 1 atom stereocenters. The minimum atomic E-state index is -4.42. The van der Waals surface area contributed by atoms with E-state index in [-0.39, 0.29) is 36.1 Å². The Morgan fingerprint density at radius 1 is 1.19 bits per heavy atom. The number of rotatable bonds is 6. The van der Waals surface area contributed by atoms with Crippen molar-refractivity contribution in [3.05, 3.63) is 75.0 Å². The summed E-state index contributed by atoms with van der Waals surface area (Å²) >= 11 is 0. The first-order valence-electron chi connectivity index (χ1n) is 11.8. The van der Waals surface area contributed by atoms with Crippen LogP contribution in [0.25, 0.3) is 10.8 Å². The summed E-state index contributed by atoms with van der Waals surface area (Å²) in [6, 6.07) is 7.79. The number of nitrogens with one attached hydrogen (secondary N) is 3. The number of alkyl halides is 3. The van der Waals surface area contributed by atoms with Crippen molar-refractivity contribution in [2.24, 2.45) is 0 Å². The molecule has 0 bridgehead atoms. The fraction of sp³-hybridized carbons (Fsp3) is 0.385. The molecule has 6 nitrogen and oxygen atoms in total. The van der Waals surface area contributed by atoms with Gasteiger partial charge < -0.3 is 20.5 Å². The Balaban J connectivity index is 1.49. The molecule has 0 aliphatic carbocycles. The van der Waals surface area contributed by atoms with E-state index >= 15 is 0 Å². The number of hydrogen-bond donors (Lipinski definition) is 3. The number of benzene rings is 2. The maximum absolute atomic E-state index is 14.7. The van der Waals surface area contributed by atoms with E-state index in [0.29, 0.717) is 35.2 Å². The van der Waals surface area contributed by atoms with Crippen LogP contribution in [0.15, 0.2) is 41.2 Å². The van der Waals surface area contributed by atoms with Crippen molar-refractivity contribution in [1.29, 1.82) is 0 Å². The van der Waals surface area contributed by atoms with E-state index in [2.05, 4.69) is 15.6 Å². The molecular weight excluding hydrogens is 476 g/mol. The van der Waals surface area contributed by atoms with Crippen molar-refractivity contribution in [2.45, 2.75) is 52.0 Å². The summed E-state index contributed by atoms with van der Waals surface area (Å²) in [5.41, 5.74) is 0.880.